The van der Waals surface area contributed by atoms with Gasteiger partial charge in [0, 0.05) is 0 Å². The van der Waals surface area contributed by atoms with Gasteiger partial charge in [-0.15, -0.1) is 0 Å². The highest BCUT2D eigenvalue weighted by atomic mass is 16.5. The molecular formula is C10H15NO3. The molecule has 0 fully saturated rings. The summed E-state index contributed by atoms with van der Waals surface area (Å²) in [6.07, 6.45) is -0.707. The number of aliphatic hydroxyl groups is 1. The highest BCUT2D eigenvalue weighted by molar-refractivity contribution is 5.26. The van der Waals surface area contributed by atoms with Crippen molar-refractivity contribution in [1.29, 1.82) is 0 Å². The van der Waals surface area contributed by atoms with Gasteiger partial charge in [-0.1, -0.05) is 17.7 Å². The molecule has 0 saturated carbocycles. The SMILES string of the molecule is Cc1ccc(OCC(O)CNO)cc1. The van der Waals surface area contributed by atoms with Gasteiger partial charge in [0.1, 0.15) is 18.5 Å². The summed E-state index contributed by atoms with van der Waals surface area (Å²) < 4.78 is 5.27. The Morgan fingerprint density at radius 1 is 1.36 bits per heavy atom. The summed E-state index contributed by atoms with van der Waals surface area (Å²) in [4.78, 5) is 0. The van der Waals surface area contributed by atoms with Crippen molar-refractivity contribution in [3.8, 4) is 5.75 Å². The summed E-state index contributed by atoms with van der Waals surface area (Å²) in [6, 6.07) is 7.56. The van der Waals surface area contributed by atoms with Crippen LogP contribution >= 0.6 is 0 Å². The van der Waals surface area contributed by atoms with Crippen molar-refractivity contribution >= 4 is 0 Å². The molecule has 4 heteroatoms. The number of rotatable bonds is 5. The van der Waals surface area contributed by atoms with E-state index in [-0.39, 0.29) is 13.2 Å². The molecule has 0 spiro atoms. The van der Waals surface area contributed by atoms with Gasteiger partial charge in [-0.05, 0) is 19.1 Å². The largest absolute Gasteiger partial charge is 0.491 e. The predicted molar refractivity (Wildman–Crippen MR) is 52.5 cm³/mol. The van der Waals surface area contributed by atoms with Crippen LogP contribution in [0, 0.1) is 6.92 Å². The fraction of sp³-hybridized carbons (Fsp3) is 0.400. The molecule has 78 valence electrons. The summed E-state index contributed by atoms with van der Waals surface area (Å²) in [5, 5.41) is 17.5. The molecular weight excluding hydrogens is 182 g/mol. The van der Waals surface area contributed by atoms with Gasteiger partial charge in [-0.25, -0.2) is 5.48 Å². The molecule has 4 nitrogen and oxygen atoms in total. The second-order valence-corrected chi connectivity index (χ2v) is 3.14. The van der Waals surface area contributed by atoms with E-state index in [1.54, 1.807) is 0 Å². The summed E-state index contributed by atoms with van der Waals surface area (Å²) in [5.74, 6) is 0.715. The molecule has 14 heavy (non-hydrogen) atoms. The lowest BCUT2D eigenvalue weighted by Crippen LogP contribution is -2.29. The van der Waals surface area contributed by atoms with Crippen LogP contribution in [0.2, 0.25) is 0 Å². The van der Waals surface area contributed by atoms with Gasteiger partial charge in [0.25, 0.3) is 0 Å². The van der Waals surface area contributed by atoms with Crippen LogP contribution < -0.4 is 10.2 Å². The minimum absolute atomic E-state index is 0.103. The number of hydroxylamine groups is 1. The van der Waals surface area contributed by atoms with Gasteiger partial charge in [-0.2, -0.15) is 0 Å². The molecule has 0 aliphatic carbocycles. The van der Waals surface area contributed by atoms with Crippen molar-refractivity contribution in [3.63, 3.8) is 0 Å². The predicted octanol–water partition coefficient (Wildman–Crippen LogP) is 0.714. The first kappa shape index (κ1) is 11.0. The minimum atomic E-state index is -0.707. The first-order valence-corrected chi connectivity index (χ1v) is 4.47. The van der Waals surface area contributed by atoms with E-state index in [2.05, 4.69) is 0 Å². The normalized spacial score (nSPS) is 12.5. The van der Waals surface area contributed by atoms with Gasteiger partial charge in [0.2, 0.25) is 0 Å². The fourth-order valence-electron chi connectivity index (χ4n) is 0.991. The molecule has 1 unspecified atom stereocenters. The van der Waals surface area contributed by atoms with Crippen molar-refractivity contribution in [1.82, 2.24) is 5.48 Å². The van der Waals surface area contributed by atoms with Crippen LogP contribution in [-0.4, -0.2) is 29.6 Å². The molecule has 1 aromatic carbocycles. The average Bonchev–Trinajstić information content (AvgIpc) is 2.17. The molecule has 0 amide bonds. The molecule has 0 radical (unpaired) electrons. The molecule has 0 aliphatic rings. The standard InChI is InChI=1S/C10H15NO3/c1-8-2-4-10(5-3-8)14-7-9(12)6-11-13/h2-5,9,11-13H,6-7H2,1H3. The maximum Gasteiger partial charge on any atom is 0.119 e. The molecule has 0 aromatic heterocycles. The molecule has 0 aliphatic heterocycles. The molecule has 1 atom stereocenters. The second-order valence-electron chi connectivity index (χ2n) is 3.14. The zero-order chi connectivity index (χ0) is 10.4. The zero-order valence-electron chi connectivity index (χ0n) is 8.10. The lowest BCUT2D eigenvalue weighted by Gasteiger charge is -2.11. The number of aryl methyl sites for hydroxylation is 1. The van der Waals surface area contributed by atoms with E-state index in [1.165, 1.54) is 0 Å². The van der Waals surface area contributed by atoms with Gasteiger partial charge in [0.15, 0.2) is 0 Å². The van der Waals surface area contributed by atoms with Crippen LogP contribution in [0.15, 0.2) is 24.3 Å². The lowest BCUT2D eigenvalue weighted by atomic mass is 10.2. The maximum atomic E-state index is 9.22. The van der Waals surface area contributed by atoms with Crippen LogP contribution in [0.3, 0.4) is 0 Å². The summed E-state index contributed by atoms with van der Waals surface area (Å²) in [7, 11) is 0. The molecule has 0 bridgehead atoms. The minimum Gasteiger partial charge on any atom is -0.491 e. The highest BCUT2D eigenvalue weighted by Gasteiger charge is 2.03. The summed E-state index contributed by atoms with van der Waals surface area (Å²) in [6.45, 7) is 2.26. The Morgan fingerprint density at radius 2 is 2.00 bits per heavy atom. The van der Waals surface area contributed by atoms with Gasteiger partial charge < -0.3 is 15.1 Å². The van der Waals surface area contributed by atoms with Crippen LogP contribution in [0.5, 0.6) is 5.75 Å². The molecule has 1 rings (SSSR count). The third-order valence-corrected chi connectivity index (χ3v) is 1.79. The molecule has 3 N–H and O–H groups in total. The number of nitrogens with one attached hydrogen (secondary N) is 1. The van der Waals surface area contributed by atoms with Crippen LogP contribution in [0.25, 0.3) is 0 Å². The Bertz CT molecular complexity index is 261. The average molecular weight is 197 g/mol. The Hall–Kier alpha value is -1.10. The van der Waals surface area contributed by atoms with Crippen molar-refractivity contribution in [2.45, 2.75) is 13.0 Å². The zero-order valence-corrected chi connectivity index (χ0v) is 8.10. The number of benzene rings is 1. The van der Waals surface area contributed by atoms with E-state index in [9.17, 15) is 5.11 Å². The Kier molecular flexibility index (Phi) is 4.39. The van der Waals surface area contributed by atoms with E-state index >= 15 is 0 Å². The number of ether oxygens (including phenoxy) is 1. The summed E-state index contributed by atoms with van der Waals surface area (Å²) >= 11 is 0. The van der Waals surface area contributed by atoms with Crippen molar-refractivity contribution in [3.05, 3.63) is 29.8 Å². The molecule has 0 saturated heterocycles. The number of aliphatic hydroxyl groups excluding tert-OH is 1. The number of hydrogen-bond donors (Lipinski definition) is 3. The fourth-order valence-corrected chi connectivity index (χ4v) is 0.991. The van der Waals surface area contributed by atoms with E-state index in [1.807, 2.05) is 36.7 Å². The third-order valence-electron chi connectivity index (χ3n) is 1.79. The second kappa shape index (κ2) is 5.59. The monoisotopic (exact) mass is 197 g/mol. The highest BCUT2D eigenvalue weighted by Crippen LogP contribution is 2.11. The Labute approximate surface area is 83.1 Å². The number of hydrogen-bond acceptors (Lipinski definition) is 4. The van der Waals surface area contributed by atoms with Crippen molar-refractivity contribution in [2.75, 3.05) is 13.2 Å². The van der Waals surface area contributed by atoms with Crippen molar-refractivity contribution < 1.29 is 15.1 Å². The Morgan fingerprint density at radius 3 is 2.57 bits per heavy atom. The topological polar surface area (TPSA) is 61.7 Å². The van der Waals surface area contributed by atoms with E-state index in [0.29, 0.717) is 5.75 Å². The van der Waals surface area contributed by atoms with Gasteiger partial charge in [0.05, 0.1) is 6.54 Å². The first-order chi connectivity index (χ1) is 6.72. The smallest absolute Gasteiger partial charge is 0.119 e. The van der Waals surface area contributed by atoms with E-state index < -0.39 is 6.10 Å². The molecule has 1 aromatic rings. The van der Waals surface area contributed by atoms with Gasteiger partial charge >= 0.3 is 0 Å². The molecule has 0 heterocycles. The van der Waals surface area contributed by atoms with Crippen LogP contribution in [-0.2, 0) is 0 Å². The lowest BCUT2D eigenvalue weighted by molar-refractivity contribution is 0.0601. The Balaban J connectivity index is 2.34. The summed E-state index contributed by atoms with van der Waals surface area (Å²) in [5.41, 5.74) is 3.04. The quantitative estimate of drug-likeness (QED) is 0.608. The van der Waals surface area contributed by atoms with E-state index in [4.69, 9.17) is 9.94 Å². The first-order valence-electron chi connectivity index (χ1n) is 4.47. The van der Waals surface area contributed by atoms with Gasteiger partial charge in [-0.3, -0.25) is 0 Å². The van der Waals surface area contributed by atoms with E-state index in [0.717, 1.165) is 5.56 Å². The van der Waals surface area contributed by atoms with Crippen molar-refractivity contribution in [2.24, 2.45) is 0 Å². The van der Waals surface area contributed by atoms with Crippen LogP contribution in [0.1, 0.15) is 5.56 Å². The third kappa shape index (κ3) is 3.74. The maximum absolute atomic E-state index is 9.22. The van der Waals surface area contributed by atoms with Crippen LogP contribution in [0.4, 0.5) is 0 Å².